The molecular weight excluding hydrogens is 376 g/mol. The molecule has 28 heavy (non-hydrogen) atoms. The second kappa shape index (κ2) is 8.39. The van der Waals surface area contributed by atoms with Crippen LogP contribution < -0.4 is 10.5 Å². The number of carbonyl (C=O) groups excluding carboxylic acids is 1. The van der Waals surface area contributed by atoms with Gasteiger partial charge in [-0.05, 0) is 36.2 Å². The van der Waals surface area contributed by atoms with Gasteiger partial charge in [0, 0.05) is 18.1 Å². The number of nitrogens with two attached hydrogens (primary N) is 1. The van der Waals surface area contributed by atoms with Gasteiger partial charge in [-0.2, -0.15) is 0 Å². The highest BCUT2D eigenvalue weighted by molar-refractivity contribution is 7.90. The molecule has 1 heterocycles. The molecule has 146 valence electrons. The van der Waals surface area contributed by atoms with E-state index in [0.717, 1.165) is 22.9 Å². The molecule has 1 aromatic heterocycles. The van der Waals surface area contributed by atoms with Gasteiger partial charge in [-0.1, -0.05) is 36.4 Å². The molecule has 0 aliphatic carbocycles. The molecule has 0 aliphatic rings. The number of fused-ring (bicyclic) bond motifs is 1. The van der Waals surface area contributed by atoms with Gasteiger partial charge in [0.2, 0.25) is 5.91 Å². The number of benzene rings is 2. The number of aromatic nitrogens is 1. The fourth-order valence-corrected chi connectivity index (χ4v) is 4.22. The van der Waals surface area contributed by atoms with Gasteiger partial charge < -0.3 is 10.5 Å². The van der Waals surface area contributed by atoms with Crippen molar-refractivity contribution in [3.05, 3.63) is 71.9 Å². The molecule has 0 saturated heterocycles. The molecule has 1 amide bonds. The molecule has 6 nitrogen and oxygen atoms in total. The number of nitrogens with zero attached hydrogens (tertiary/aromatic N) is 1. The third kappa shape index (κ3) is 5.07. The summed E-state index contributed by atoms with van der Waals surface area (Å²) in [5.74, 6) is 0.0948. The first-order valence-electron chi connectivity index (χ1n) is 8.87. The van der Waals surface area contributed by atoms with Crippen LogP contribution in [0.3, 0.4) is 0 Å². The average Bonchev–Trinajstić information content (AvgIpc) is 2.66. The first kappa shape index (κ1) is 19.8. The van der Waals surface area contributed by atoms with E-state index in [9.17, 15) is 13.2 Å². The van der Waals surface area contributed by atoms with Gasteiger partial charge in [-0.25, -0.2) is 13.4 Å². The Balaban J connectivity index is 1.69. The van der Waals surface area contributed by atoms with Gasteiger partial charge >= 0.3 is 0 Å². The zero-order chi connectivity index (χ0) is 20.1. The van der Waals surface area contributed by atoms with Crippen LogP contribution in [-0.4, -0.2) is 25.6 Å². The molecule has 1 atom stereocenters. The van der Waals surface area contributed by atoms with E-state index in [1.165, 1.54) is 0 Å². The Morgan fingerprint density at radius 1 is 1.07 bits per heavy atom. The Kier molecular flexibility index (Phi) is 5.94. The van der Waals surface area contributed by atoms with Gasteiger partial charge in [-0.3, -0.25) is 4.79 Å². The molecule has 0 saturated carbocycles. The Hall–Kier alpha value is -2.93. The van der Waals surface area contributed by atoms with Crippen molar-refractivity contribution in [2.45, 2.75) is 24.7 Å². The van der Waals surface area contributed by atoms with Crippen LogP contribution in [0.25, 0.3) is 10.9 Å². The van der Waals surface area contributed by atoms with Crippen LogP contribution in [0.15, 0.2) is 60.7 Å². The number of hydrogen-bond acceptors (Lipinski definition) is 5. The molecular formula is C21H22N2O4S. The van der Waals surface area contributed by atoms with Crippen molar-refractivity contribution >= 4 is 26.6 Å². The number of para-hydroxylation sites is 1. The summed E-state index contributed by atoms with van der Waals surface area (Å²) in [5.41, 5.74) is 7.48. The number of carbonyl (C=O) groups is 1. The highest BCUT2D eigenvalue weighted by Crippen LogP contribution is 2.28. The first-order valence-corrected chi connectivity index (χ1v) is 10.8. The monoisotopic (exact) mass is 398 g/mol. The van der Waals surface area contributed by atoms with Gasteiger partial charge in [-0.15, -0.1) is 0 Å². The van der Waals surface area contributed by atoms with Gasteiger partial charge in [0.25, 0.3) is 0 Å². The number of sulfone groups is 1. The van der Waals surface area contributed by atoms with E-state index in [1.807, 2.05) is 36.4 Å². The summed E-state index contributed by atoms with van der Waals surface area (Å²) < 4.78 is 29.9. The summed E-state index contributed by atoms with van der Waals surface area (Å²) in [4.78, 5) is 15.6. The van der Waals surface area contributed by atoms with Gasteiger partial charge in [0.15, 0.2) is 9.84 Å². The van der Waals surface area contributed by atoms with Crippen LogP contribution in [0.5, 0.6) is 5.75 Å². The highest BCUT2D eigenvalue weighted by atomic mass is 32.2. The minimum Gasteiger partial charge on any atom is -0.487 e. The molecule has 0 aliphatic heterocycles. The van der Waals surface area contributed by atoms with E-state index < -0.39 is 21.0 Å². The zero-order valence-electron chi connectivity index (χ0n) is 15.5. The third-order valence-corrected chi connectivity index (χ3v) is 6.01. The molecule has 3 aromatic rings. The second-order valence-electron chi connectivity index (χ2n) is 6.68. The average molecular weight is 398 g/mol. The summed E-state index contributed by atoms with van der Waals surface area (Å²) in [6.45, 7) is 0.307. The van der Waals surface area contributed by atoms with Crippen LogP contribution in [0.2, 0.25) is 0 Å². The zero-order valence-corrected chi connectivity index (χ0v) is 16.4. The lowest BCUT2D eigenvalue weighted by Crippen LogP contribution is -2.16. The summed E-state index contributed by atoms with van der Waals surface area (Å²) in [7, 11) is -3.36. The molecule has 2 aromatic carbocycles. The summed E-state index contributed by atoms with van der Waals surface area (Å²) in [5, 5.41) is 0.301. The summed E-state index contributed by atoms with van der Waals surface area (Å²) in [6, 6.07) is 18.6. The Bertz CT molecular complexity index is 1080. The minimum absolute atomic E-state index is 0.0175. The molecule has 2 N–H and O–H groups in total. The van der Waals surface area contributed by atoms with Gasteiger partial charge in [0.05, 0.1) is 16.5 Å². The minimum atomic E-state index is -3.36. The van der Waals surface area contributed by atoms with Crippen LogP contribution in [0, 0.1) is 0 Å². The van der Waals surface area contributed by atoms with Crippen molar-refractivity contribution in [3.63, 3.8) is 0 Å². The largest absolute Gasteiger partial charge is 0.487 e. The maximum absolute atomic E-state index is 12.1. The predicted octanol–water partition coefficient (Wildman–Crippen LogP) is 3.17. The van der Waals surface area contributed by atoms with Crippen molar-refractivity contribution in [2.75, 3.05) is 6.26 Å². The third-order valence-electron chi connectivity index (χ3n) is 4.46. The predicted molar refractivity (Wildman–Crippen MR) is 109 cm³/mol. The number of primary amides is 1. The van der Waals surface area contributed by atoms with E-state index in [-0.39, 0.29) is 12.8 Å². The Morgan fingerprint density at radius 3 is 2.46 bits per heavy atom. The van der Waals surface area contributed by atoms with E-state index in [4.69, 9.17) is 10.5 Å². The van der Waals surface area contributed by atoms with E-state index >= 15 is 0 Å². The summed E-state index contributed by atoms with van der Waals surface area (Å²) in [6.07, 6.45) is 1.34. The number of hydrogen-bond donors (Lipinski definition) is 1. The Labute approximate surface area is 164 Å². The maximum atomic E-state index is 12.1. The lowest BCUT2D eigenvalue weighted by Gasteiger charge is -2.15. The van der Waals surface area contributed by atoms with Crippen molar-refractivity contribution in [1.29, 1.82) is 0 Å². The molecule has 0 fully saturated rings. The molecule has 0 spiro atoms. The number of rotatable bonds is 8. The normalized spacial score (nSPS) is 12.6. The Morgan fingerprint density at radius 2 is 1.79 bits per heavy atom. The summed E-state index contributed by atoms with van der Waals surface area (Å²) >= 11 is 0. The first-order chi connectivity index (χ1) is 13.3. The van der Waals surface area contributed by atoms with Crippen molar-refractivity contribution < 1.29 is 17.9 Å². The SMILES string of the molecule is CS(=O)(=O)C(CCC(N)=O)c1ccc(OCc2ccc3ccccc3n2)cc1. The van der Waals surface area contributed by atoms with Crippen molar-refractivity contribution in [3.8, 4) is 5.75 Å². The number of pyridine rings is 1. The lowest BCUT2D eigenvalue weighted by molar-refractivity contribution is -0.118. The smallest absolute Gasteiger partial charge is 0.217 e. The van der Waals surface area contributed by atoms with E-state index in [0.29, 0.717) is 17.9 Å². The van der Waals surface area contributed by atoms with E-state index in [2.05, 4.69) is 4.98 Å². The number of ether oxygens (including phenoxy) is 1. The molecule has 0 bridgehead atoms. The van der Waals surface area contributed by atoms with Crippen LogP contribution in [0.1, 0.15) is 29.3 Å². The fraction of sp³-hybridized carbons (Fsp3) is 0.238. The molecule has 0 radical (unpaired) electrons. The fourth-order valence-electron chi connectivity index (χ4n) is 3.03. The van der Waals surface area contributed by atoms with Crippen LogP contribution >= 0.6 is 0 Å². The van der Waals surface area contributed by atoms with Crippen molar-refractivity contribution in [1.82, 2.24) is 4.98 Å². The lowest BCUT2D eigenvalue weighted by atomic mass is 10.1. The molecule has 1 unspecified atom stereocenters. The van der Waals surface area contributed by atoms with Gasteiger partial charge in [0.1, 0.15) is 12.4 Å². The van der Waals surface area contributed by atoms with Crippen LogP contribution in [0.4, 0.5) is 0 Å². The topological polar surface area (TPSA) is 99.3 Å². The second-order valence-corrected chi connectivity index (χ2v) is 8.90. The van der Waals surface area contributed by atoms with Crippen LogP contribution in [-0.2, 0) is 21.2 Å². The standard InChI is InChI=1S/C21H22N2O4S/c1-28(25,26)20(12-13-21(22)24)16-7-10-18(11-8-16)27-14-17-9-6-15-4-2-3-5-19(15)23-17/h2-11,20H,12-14H2,1H3,(H2,22,24). The molecule has 3 rings (SSSR count). The molecule has 7 heteroatoms. The van der Waals surface area contributed by atoms with E-state index in [1.54, 1.807) is 24.3 Å². The number of amides is 1. The van der Waals surface area contributed by atoms with Crippen molar-refractivity contribution in [2.24, 2.45) is 5.73 Å². The highest BCUT2D eigenvalue weighted by Gasteiger charge is 2.23. The quantitative estimate of drug-likeness (QED) is 0.628. The maximum Gasteiger partial charge on any atom is 0.217 e.